The van der Waals surface area contributed by atoms with Crippen LogP contribution in [0.1, 0.15) is 16.4 Å². The Balaban J connectivity index is 1.40. The average molecular weight is 672 g/mol. The summed E-state index contributed by atoms with van der Waals surface area (Å²) in [5.41, 5.74) is 0.941. The lowest BCUT2D eigenvalue weighted by atomic mass is 9.83. The van der Waals surface area contributed by atoms with Crippen LogP contribution in [0.4, 0.5) is 17.1 Å². The Labute approximate surface area is 267 Å². The normalized spacial score (nSPS) is 19.0. The van der Waals surface area contributed by atoms with Crippen molar-refractivity contribution in [2.24, 2.45) is 5.92 Å². The first-order valence-electron chi connectivity index (χ1n) is 13.0. The number of nitrogens with zero attached hydrogens (tertiary/aromatic N) is 3. The summed E-state index contributed by atoms with van der Waals surface area (Å²) in [5.74, 6) is -2.75. The Morgan fingerprint density at radius 3 is 2.39 bits per heavy atom. The fourth-order valence-corrected chi connectivity index (χ4v) is 8.54. The van der Waals surface area contributed by atoms with E-state index in [1.165, 1.54) is 35.9 Å². The zero-order valence-corrected chi connectivity index (χ0v) is 25.7. The van der Waals surface area contributed by atoms with Gasteiger partial charge in [-0.3, -0.25) is 33.9 Å². The number of hydrogen-bond acceptors (Lipinski definition) is 9. The van der Waals surface area contributed by atoms with Crippen molar-refractivity contribution in [2.45, 2.75) is 22.7 Å². The molecule has 3 heterocycles. The zero-order chi connectivity index (χ0) is 31.3. The van der Waals surface area contributed by atoms with Crippen molar-refractivity contribution in [3.63, 3.8) is 0 Å². The summed E-state index contributed by atoms with van der Waals surface area (Å²) in [4.78, 5) is 65.9. The fourth-order valence-electron chi connectivity index (χ4n) is 5.35. The second-order valence-corrected chi connectivity index (χ2v) is 12.8. The number of nitro benzene ring substituents is 1. The van der Waals surface area contributed by atoms with Crippen LogP contribution in [0.3, 0.4) is 0 Å². The molecule has 0 radical (unpaired) electrons. The summed E-state index contributed by atoms with van der Waals surface area (Å²) in [6.45, 7) is -0.342. The van der Waals surface area contributed by atoms with Crippen LogP contribution in [0.25, 0.3) is 0 Å². The number of amides is 3. The first-order valence-corrected chi connectivity index (χ1v) is 15.4. The topological polar surface area (TPSA) is 141 Å². The summed E-state index contributed by atoms with van der Waals surface area (Å²) < 4.78 is 6.43. The number of halogens is 2. The Morgan fingerprint density at radius 2 is 1.73 bits per heavy atom. The molecule has 3 amide bonds. The van der Waals surface area contributed by atoms with Gasteiger partial charge in [0.1, 0.15) is 17.5 Å². The van der Waals surface area contributed by atoms with Crippen LogP contribution in [-0.2, 0) is 20.9 Å². The molecule has 1 N–H and O–H groups in total. The van der Waals surface area contributed by atoms with Crippen molar-refractivity contribution in [2.75, 3.05) is 17.3 Å². The smallest absolute Gasteiger partial charge is 0.308 e. The SMILES string of the molecule is COc1ccc(NC(=O)Cn2c3c(sc2=O)[C@H](c2cccc(Cl)c2Cl)C2C(=O)N(c4ccc([N+](=O)[O-])cc4)C(=O)C2S3)cc1. The number of rotatable bonds is 7. The molecule has 3 atom stereocenters. The summed E-state index contributed by atoms with van der Waals surface area (Å²) in [7, 11) is 1.53. The van der Waals surface area contributed by atoms with Gasteiger partial charge in [0.15, 0.2) is 0 Å². The Hall–Kier alpha value is -4.17. The van der Waals surface area contributed by atoms with Gasteiger partial charge in [-0.2, -0.15) is 0 Å². The lowest BCUT2D eigenvalue weighted by Crippen LogP contribution is -2.33. The van der Waals surface area contributed by atoms with Crippen LogP contribution in [0.15, 0.2) is 76.6 Å². The number of thioether (sulfide) groups is 1. The van der Waals surface area contributed by atoms with Crippen LogP contribution < -0.4 is 19.8 Å². The number of carbonyl (C=O) groups excluding carboxylic acids is 3. The number of thiazole rings is 1. The average Bonchev–Trinajstić information content (AvgIpc) is 3.45. The predicted octanol–water partition coefficient (Wildman–Crippen LogP) is 5.57. The minimum atomic E-state index is -0.977. The third-order valence-electron chi connectivity index (χ3n) is 7.36. The Morgan fingerprint density at radius 1 is 1.02 bits per heavy atom. The number of ether oxygens (including phenoxy) is 1. The van der Waals surface area contributed by atoms with Gasteiger partial charge < -0.3 is 10.1 Å². The molecule has 0 aliphatic carbocycles. The number of nitro groups is 1. The van der Waals surface area contributed by atoms with Gasteiger partial charge >= 0.3 is 4.87 Å². The number of anilines is 2. The minimum absolute atomic E-state index is 0.175. The standard InChI is InChI=1S/C29H20Cl2N4O7S2/c1-42-17-11-5-14(6-12-17)32-20(36)13-33-28-25(44-29(33)39)21(18-3-2-4-19(30)23(18)31)22-24(43-28)27(38)34(26(22)37)15-7-9-16(10-8-15)35(40)41/h2-12,21-22,24H,13H2,1H3,(H,32,36)/t21-,22?,24?/m1/s1. The highest BCUT2D eigenvalue weighted by atomic mass is 35.5. The van der Waals surface area contributed by atoms with Crippen LogP contribution >= 0.6 is 46.3 Å². The van der Waals surface area contributed by atoms with Crippen molar-refractivity contribution < 1.29 is 24.0 Å². The van der Waals surface area contributed by atoms with Crippen molar-refractivity contribution in [3.05, 3.63) is 107 Å². The molecule has 0 bridgehead atoms. The molecule has 1 fully saturated rings. The number of hydrogen-bond donors (Lipinski definition) is 1. The van der Waals surface area contributed by atoms with Crippen LogP contribution in [0, 0.1) is 16.0 Å². The number of aromatic nitrogens is 1. The minimum Gasteiger partial charge on any atom is -0.497 e. The van der Waals surface area contributed by atoms with Crippen LogP contribution in [0.5, 0.6) is 5.75 Å². The molecule has 44 heavy (non-hydrogen) atoms. The highest BCUT2D eigenvalue weighted by molar-refractivity contribution is 8.00. The van der Waals surface area contributed by atoms with Gasteiger partial charge in [0.2, 0.25) is 17.7 Å². The monoisotopic (exact) mass is 670 g/mol. The molecule has 1 aromatic heterocycles. The molecule has 6 rings (SSSR count). The molecule has 15 heteroatoms. The first kappa shape index (κ1) is 29.9. The van der Waals surface area contributed by atoms with Gasteiger partial charge in [-0.1, -0.05) is 58.4 Å². The van der Waals surface area contributed by atoms with Gasteiger partial charge in [-0.05, 0) is 48.0 Å². The van der Waals surface area contributed by atoms with E-state index in [9.17, 15) is 29.3 Å². The second-order valence-electron chi connectivity index (χ2n) is 9.87. The molecule has 1 saturated heterocycles. The van der Waals surface area contributed by atoms with E-state index < -0.39 is 44.6 Å². The quantitative estimate of drug-likeness (QED) is 0.153. The van der Waals surface area contributed by atoms with E-state index in [0.717, 1.165) is 28.0 Å². The molecule has 4 aromatic rings. The lowest BCUT2D eigenvalue weighted by Gasteiger charge is -2.31. The molecule has 0 spiro atoms. The molecule has 224 valence electrons. The maximum atomic E-state index is 14.0. The molecular weight excluding hydrogens is 651 g/mol. The summed E-state index contributed by atoms with van der Waals surface area (Å²) in [6.07, 6.45) is 0. The van der Waals surface area contributed by atoms with Gasteiger partial charge in [0, 0.05) is 28.6 Å². The number of carbonyl (C=O) groups is 3. The summed E-state index contributed by atoms with van der Waals surface area (Å²) >= 11 is 14.9. The number of non-ortho nitro benzene ring substituents is 1. The van der Waals surface area contributed by atoms with E-state index in [0.29, 0.717) is 26.9 Å². The number of methoxy groups -OCH3 is 1. The number of imide groups is 1. The Bertz CT molecular complexity index is 1890. The summed E-state index contributed by atoms with van der Waals surface area (Å²) in [5, 5.41) is 13.7. The lowest BCUT2D eigenvalue weighted by molar-refractivity contribution is -0.384. The van der Waals surface area contributed by atoms with Gasteiger partial charge in [0.05, 0.1) is 38.7 Å². The van der Waals surface area contributed by atoms with Crippen molar-refractivity contribution in [1.82, 2.24) is 4.57 Å². The maximum absolute atomic E-state index is 14.0. The van der Waals surface area contributed by atoms with E-state index >= 15 is 0 Å². The molecule has 0 saturated carbocycles. The molecule has 3 aromatic carbocycles. The summed E-state index contributed by atoms with van der Waals surface area (Å²) in [6, 6.07) is 16.7. The fraction of sp³-hybridized carbons (Fsp3) is 0.172. The number of fused-ring (bicyclic) bond motifs is 2. The van der Waals surface area contributed by atoms with Crippen LogP contribution in [0.2, 0.25) is 10.0 Å². The third-order valence-corrected chi connectivity index (χ3v) is 10.8. The van der Waals surface area contributed by atoms with Crippen molar-refractivity contribution in [1.29, 1.82) is 0 Å². The second kappa shape index (κ2) is 11.7. The maximum Gasteiger partial charge on any atom is 0.308 e. The molecule has 2 unspecified atom stereocenters. The highest BCUT2D eigenvalue weighted by Gasteiger charge is 2.57. The van der Waals surface area contributed by atoms with Crippen LogP contribution in [-0.4, -0.2) is 39.6 Å². The third kappa shape index (κ3) is 5.15. The van der Waals surface area contributed by atoms with E-state index in [1.54, 1.807) is 42.5 Å². The van der Waals surface area contributed by atoms with Crippen molar-refractivity contribution in [3.8, 4) is 5.75 Å². The zero-order valence-electron chi connectivity index (χ0n) is 22.6. The molecule has 2 aliphatic heterocycles. The number of nitrogens with one attached hydrogen (secondary N) is 1. The molecular formula is C29H20Cl2N4O7S2. The number of benzene rings is 3. The van der Waals surface area contributed by atoms with E-state index in [-0.39, 0.29) is 28.0 Å². The predicted molar refractivity (Wildman–Crippen MR) is 167 cm³/mol. The van der Waals surface area contributed by atoms with E-state index in [1.807, 2.05) is 0 Å². The van der Waals surface area contributed by atoms with Gasteiger partial charge in [-0.15, -0.1) is 0 Å². The largest absolute Gasteiger partial charge is 0.497 e. The van der Waals surface area contributed by atoms with Crippen molar-refractivity contribution >= 4 is 81.1 Å². The van der Waals surface area contributed by atoms with E-state index in [4.69, 9.17) is 27.9 Å². The van der Waals surface area contributed by atoms with Gasteiger partial charge in [0.25, 0.3) is 5.69 Å². The van der Waals surface area contributed by atoms with Gasteiger partial charge in [-0.25, -0.2) is 4.90 Å². The van der Waals surface area contributed by atoms with E-state index in [2.05, 4.69) is 5.32 Å². The Kier molecular flexibility index (Phi) is 7.97. The molecule has 11 nitrogen and oxygen atoms in total. The highest BCUT2D eigenvalue weighted by Crippen LogP contribution is 2.55. The first-order chi connectivity index (χ1) is 21.1. The molecule has 2 aliphatic rings.